The summed E-state index contributed by atoms with van der Waals surface area (Å²) in [5.41, 5.74) is 5.04. The summed E-state index contributed by atoms with van der Waals surface area (Å²) < 4.78 is 5.64. The molecule has 1 saturated heterocycles. The van der Waals surface area contributed by atoms with Crippen LogP contribution < -0.4 is 16.6 Å². The third-order valence-electron chi connectivity index (χ3n) is 3.67. The van der Waals surface area contributed by atoms with Gasteiger partial charge in [0.1, 0.15) is 0 Å². The lowest BCUT2D eigenvalue weighted by Crippen LogP contribution is -2.29. The minimum atomic E-state index is -0.0486. The number of amides is 1. The van der Waals surface area contributed by atoms with Crippen LogP contribution in [-0.4, -0.2) is 25.2 Å². The maximum atomic E-state index is 12.0. The van der Waals surface area contributed by atoms with Crippen molar-refractivity contribution in [2.75, 3.05) is 18.6 Å². The molecule has 1 amide bonds. The Morgan fingerprint density at radius 2 is 2.30 bits per heavy atom. The number of nitrogen functional groups attached to an aromatic ring is 1. The second kappa shape index (κ2) is 7.26. The van der Waals surface area contributed by atoms with Crippen LogP contribution in [0.25, 0.3) is 0 Å². The Balaban J connectivity index is 1.80. The summed E-state index contributed by atoms with van der Waals surface area (Å²) >= 11 is 0. The fraction of sp³-hybridized carbons (Fsp3) is 0.533. The summed E-state index contributed by atoms with van der Waals surface area (Å²) in [7, 11) is 0. The molecule has 1 aliphatic rings. The molecule has 1 fully saturated rings. The number of hydrazine groups is 1. The van der Waals surface area contributed by atoms with Gasteiger partial charge in [-0.05, 0) is 56.4 Å². The number of hydrogen-bond donors (Lipinski definition) is 3. The molecule has 110 valence electrons. The zero-order chi connectivity index (χ0) is 14.4. The van der Waals surface area contributed by atoms with Gasteiger partial charge in [-0.15, -0.1) is 0 Å². The van der Waals surface area contributed by atoms with Crippen LogP contribution in [0.5, 0.6) is 0 Å². The molecule has 1 aliphatic heterocycles. The second-order valence-electron chi connectivity index (χ2n) is 5.21. The third kappa shape index (κ3) is 3.95. The van der Waals surface area contributed by atoms with Gasteiger partial charge in [-0.25, -0.2) is 0 Å². The van der Waals surface area contributed by atoms with E-state index in [0.29, 0.717) is 18.2 Å². The number of carbonyl (C=O) groups excluding carboxylic acids is 1. The molecule has 0 radical (unpaired) electrons. The Hall–Kier alpha value is -1.59. The minimum absolute atomic E-state index is 0.0486. The molecular weight excluding hydrogens is 254 g/mol. The lowest BCUT2D eigenvalue weighted by molar-refractivity contribution is 0.0117. The molecule has 1 aromatic rings. The van der Waals surface area contributed by atoms with Crippen molar-refractivity contribution in [2.45, 2.75) is 38.7 Å². The van der Waals surface area contributed by atoms with Crippen molar-refractivity contribution < 1.29 is 9.53 Å². The topological polar surface area (TPSA) is 76.4 Å². The van der Waals surface area contributed by atoms with E-state index in [1.165, 1.54) is 6.42 Å². The van der Waals surface area contributed by atoms with Gasteiger partial charge >= 0.3 is 0 Å². The normalized spacial score (nSPS) is 18.6. The number of ether oxygens (including phenoxy) is 1. The van der Waals surface area contributed by atoms with Crippen LogP contribution in [0.15, 0.2) is 18.2 Å². The Labute approximate surface area is 119 Å². The van der Waals surface area contributed by atoms with Crippen molar-refractivity contribution in [3.05, 3.63) is 29.3 Å². The quantitative estimate of drug-likeness (QED) is 0.568. The first kappa shape index (κ1) is 14.8. The van der Waals surface area contributed by atoms with Crippen LogP contribution in [0, 0.1) is 6.92 Å². The van der Waals surface area contributed by atoms with Crippen LogP contribution in [-0.2, 0) is 4.74 Å². The van der Waals surface area contributed by atoms with Crippen LogP contribution in [0.3, 0.4) is 0 Å². The van der Waals surface area contributed by atoms with Crippen molar-refractivity contribution in [1.29, 1.82) is 0 Å². The highest BCUT2D eigenvalue weighted by Crippen LogP contribution is 2.16. The molecule has 4 N–H and O–H groups in total. The van der Waals surface area contributed by atoms with Crippen molar-refractivity contribution in [2.24, 2.45) is 5.84 Å². The van der Waals surface area contributed by atoms with E-state index in [4.69, 9.17) is 10.6 Å². The highest BCUT2D eigenvalue weighted by Gasteiger charge is 2.14. The average molecular weight is 277 g/mol. The van der Waals surface area contributed by atoms with Gasteiger partial charge in [0.2, 0.25) is 0 Å². The highest BCUT2D eigenvalue weighted by atomic mass is 16.5. The summed E-state index contributed by atoms with van der Waals surface area (Å²) in [5.74, 6) is 5.33. The summed E-state index contributed by atoms with van der Waals surface area (Å²) in [6.45, 7) is 3.42. The summed E-state index contributed by atoms with van der Waals surface area (Å²) in [6.07, 6.45) is 4.67. The Morgan fingerprint density at radius 1 is 1.45 bits per heavy atom. The molecule has 0 aliphatic carbocycles. The van der Waals surface area contributed by atoms with Gasteiger partial charge in [0.05, 0.1) is 11.8 Å². The number of anilines is 1. The predicted molar refractivity (Wildman–Crippen MR) is 79.5 cm³/mol. The Morgan fingerprint density at radius 3 is 2.95 bits per heavy atom. The molecule has 1 atom stereocenters. The van der Waals surface area contributed by atoms with Crippen molar-refractivity contribution in [3.8, 4) is 0 Å². The Kier molecular flexibility index (Phi) is 5.38. The van der Waals surface area contributed by atoms with Gasteiger partial charge in [0.15, 0.2) is 0 Å². The maximum Gasteiger partial charge on any atom is 0.251 e. The minimum Gasteiger partial charge on any atom is -0.378 e. The molecule has 1 heterocycles. The van der Waals surface area contributed by atoms with Crippen LogP contribution >= 0.6 is 0 Å². The van der Waals surface area contributed by atoms with Crippen molar-refractivity contribution >= 4 is 11.6 Å². The van der Waals surface area contributed by atoms with Crippen LogP contribution in [0.1, 0.15) is 41.6 Å². The van der Waals surface area contributed by atoms with Crippen molar-refractivity contribution in [3.63, 3.8) is 0 Å². The van der Waals surface area contributed by atoms with E-state index in [2.05, 4.69) is 10.7 Å². The number of hydrogen-bond acceptors (Lipinski definition) is 4. The largest absolute Gasteiger partial charge is 0.378 e. The highest BCUT2D eigenvalue weighted by molar-refractivity contribution is 5.94. The smallest absolute Gasteiger partial charge is 0.251 e. The number of rotatable bonds is 5. The van der Waals surface area contributed by atoms with E-state index in [1.807, 2.05) is 19.1 Å². The summed E-state index contributed by atoms with van der Waals surface area (Å²) in [5, 5.41) is 2.94. The molecule has 0 bridgehead atoms. The van der Waals surface area contributed by atoms with E-state index in [1.54, 1.807) is 6.07 Å². The third-order valence-corrected chi connectivity index (χ3v) is 3.67. The molecule has 0 aromatic heterocycles. The number of carbonyl (C=O) groups is 1. The molecule has 2 rings (SSSR count). The Bertz CT molecular complexity index is 456. The zero-order valence-electron chi connectivity index (χ0n) is 11.9. The standard InChI is InChI=1S/C15H23N3O2/c1-11-10-12(5-6-14(11)18-16)15(19)17-8-7-13-4-2-3-9-20-13/h5-6,10,13,18H,2-4,7-9,16H2,1H3,(H,17,19). The molecule has 0 spiro atoms. The van der Waals surface area contributed by atoms with Gasteiger partial charge in [0.25, 0.3) is 5.91 Å². The molecule has 0 saturated carbocycles. The first-order valence-electron chi connectivity index (χ1n) is 7.18. The molecule has 1 aromatic carbocycles. The number of nitrogens with one attached hydrogen (secondary N) is 2. The number of nitrogens with two attached hydrogens (primary N) is 1. The number of benzene rings is 1. The van der Waals surface area contributed by atoms with Gasteiger partial charge in [-0.2, -0.15) is 0 Å². The SMILES string of the molecule is Cc1cc(C(=O)NCCC2CCCCO2)ccc1NN. The van der Waals surface area contributed by atoms with E-state index in [-0.39, 0.29) is 5.91 Å². The second-order valence-corrected chi connectivity index (χ2v) is 5.21. The van der Waals surface area contributed by atoms with E-state index in [0.717, 1.165) is 37.1 Å². The van der Waals surface area contributed by atoms with Gasteiger partial charge < -0.3 is 15.5 Å². The van der Waals surface area contributed by atoms with Gasteiger partial charge in [-0.3, -0.25) is 10.6 Å². The van der Waals surface area contributed by atoms with E-state index in [9.17, 15) is 4.79 Å². The molecular formula is C15H23N3O2. The number of aryl methyl sites for hydroxylation is 1. The van der Waals surface area contributed by atoms with Crippen LogP contribution in [0.2, 0.25) is 0 Å². The van der Waals surface area contributed by atoms with Crippen LogP contribution in [0.4, 0.5) is 5.69 Å². The summed E-state index contributed by atoms with van der Waals surface area (Å²) in [4.78, 5) is 12.0. The van der Waals surface area contributed by atoms with Gasteiger partial charge in [0, 0.05) is 18.7 Å². The fourth-order valence-electron chi connectivity index (χ4n) is 2.45. The van der Waals surface area contributed by atoms with Crippen molar-refractivity contribution in [1.82, 2.24) is 5.32 Å². The monoisotopic (exact) mass is 277 g/mol. The molecule has 5 heteroatoms. The molecule has 1 unspecified atom stereocenters. The lowest BCUT2D eigenvalue weighted by atomic mass is 10.1. The first-order chi connectivity index (χ1) is 9.70. The van der Waals surface area contributed by atoms with Gasteiger partial charge in [-0.1, -0.05) is 0 Å². The fourth-order valence-corrected chi connectivity index (χ4v) is 2.45. The lowest BCUT2D eigenvalue weighted by Gasteiger charge is -2.22. The molecule has 20 heavy (non-hydrogen) atoms. The zero-order valence-corrected chi connectivity index (χ0v) is 11.9. The summed E-state index contributed by atoms with van der Waals surface area (Å²) in [6, 6.07) is 5.42. The predicted octanol–water partition coefficient (Wildman–Crippen LogP) is 1.97. The van der Waals surface area contributed by atoms with E-state index >= 15 is 0 Å². The van der Waals surface area contributed by atoms with E-state index < -0.39 is 0 Å². The average Bonchev–Trinajstić information content (AvgIpc) is 2.48. The maximum absolute atomic E-state index is 12.0. The first-order valence-corrected chi connectivity index (χ1v) is 7.18. The molecule has 5 nitrogen and oxygen atoms in total.